The fourth-order valence-electron chi connectivity index (χ4n) is 2.05. The van der Waals surface area contributed by atoms with Crippen molar-refractivity contribution in [3.05, 3.63) is 29.6 Å². The van der Waals surface area contributed by atoms with Gasteiger partial charge in [0.15, 0.2) is 0 Å². The monoisotopic (exact) mass is 297 g/mol. The highest BCUT2D eigenvalue weighted by atomic mass is 32.2. The molecule has 1 N–H and O–H groups in total. The van der Waals surface area contributed by atoms with Gasteiger partial charge >= 0.3 is 0 Å². The lowest BCUT2D eigenvalue weighted by Crippen LogP contribution is -2.37. The van der Waals surface area contributed by atoms with E-state index < -0.39 is 15.8 Å². The summed E-state index contributed by atoms with van der Waals surface area (Å²) in [6.07, 6.45) is 1.70. The summed E-state index contributed by atoms with van der Waals surface area (Å²) in [6, 6.07) is 4.24. The molecule has 108 valence electrons. The Labute approximate surface area is 118 Å². The maximum atomic E-state index is 13.9. The molecule has 1 aromatic rings. The van der Waals surface area contributed by atoms with Crippen LogP contribution in [0.2, 0.25) is 0 Å². The Morgan fingerprint density at radius 1 is 1.35 bits per heavy atom. The van der Waals surface area contributed by atoms with Gasteiger partial charge in [-0.05, 0) is 31.0 Å². The van der Waals surface area contributed by atoms with Gasteiger partial charge in [-0.1, -0.05) is 11.8 Å². The molecule has 1 fully saturated rings. The molecule has 1 heterocycles. The van der Waals surface area contributed by atoms with Crippen molar-refractivity contribution in [2.24, 2.45) is 0 Å². The van der Waals surface area contributed by atoms with Gasteiger partial charge in [0.25, 0.3) is 0 Å². The Morgan fingerprint density at radius 2 is 2.15 bits per heavy atom. The van der Waals surface area contributed by atoms with Crippen LogP contribution in [0.15, 0.2) is 18.2 Å². The van der Waals surface area contributed by atoms with Crippen LogP contribution in [0.5, 0.6) is 0 Å². The number of rotatable bonds is 2. The van der Waals surface area contributed by atoms with E-state index in [1.165, 1.54) is 16.4 Å². The van der Waals surface area contributed by atoms with Gasteiger partial charge in [-0.3, -0.25) is 4.31 Å². The van der Waals surface area contributed by atoms with Crippen LogP contribution in [-0.4, -0.2) is 32.4 Å². The average molecular weight is 297 g/mol. The maximum Gasteiger partial charge on any atom is 0.235 e. The maximum absolute atomic E-state index is 13.9. The molecule has 0 unspecified atom stereocenters. The first-order valence-electron chi connectivity index (χ1n) is 6.44. The number of hydrogen-bond acceptors (Lipinski definition) is 3. The minimum atomic E-state index is -3.33. The molecule has 0 amide bonds. The molecular weight excluding hydrogens is 281 g/mol. The van der Waals surface area contributed by atoms with E-state index in [2.05, 4.69) is 11.8 Å². The standard InChI is InChI=1S/C14H16FNO3S/c15-14-11-13(7-6-12(14)5-1-3-9-17)16-8-2-4-10-20(16,18)19/h6-7,11,17H,2-4,8-10H2. The second-order valence-electron chi connectivity index (χ2n) is 4.53. The molecule has 0 aromatic heterocycles. The summed E-state index contributed by atoms with van der Waals surface area (Å²) in [7, 11) is -3.33. The molecule has 0 bridgehead atoms. The lowest BCUT2D eigenvalue weighted by molar-refractivity contribution is 0.305. The minimum absolute atomic E-state index is 0.0707. The van der Waals surface area contributed by atoms with E-state index in [-0.39, 0.29) is 24.3 Å². The van der Waals surface area contributed by atoms with Gasteiger partial charge in [0, 0.05) is 13.0 Å². The van der Waals surface area contributed by atoms with Crippen LogP contribution in [0.4, 0.5) is 10.1 Å². The van der Waals surface area contributed by atoms with Gasteiger partial charge in [0.1, 0.15) is 5.82 Å². The van der Waals surface area contributed by atoms with E-state index in [4.69, 9.17) is 5.11 Å². The van der Waals surface area contributed by atoms with E-state index in [0.29, 0.717) is 18.7 Å². The largest absolute Gasteiger partial charge is 0.395 e. The van der Waals surface area contributed by atoms with Crippen LogP contribution in [-0.2, 0) is 10.0 Å². The molecule has 0 aliphatic carbocycles. The number of hydrogen-bond donors (Lipinski definition) is 1. The number of aliphatic hydroxyl groups is 1. The summed E-state index contributed by atoms with van der Waals surface area (Å²) in [5.74, 6) is 4.80. The highest BCUT2D eigenvalue weighted by Gasteiger charge is 2.26. The third-order valence-electron chi connectivity index (χ3n) is 3.05. The van der Waals surface area contributed by atoms with Gasteiger partial charge in [0.2, 0.25) is 10.0 Å². The molecule has 2 rings (SSSR count). The molecule has 4 nitrogen and oxygen atoms in total. The zero-order valence-corrected chi connectivity index (χ0v) is 11.8. The molecule has 0 spiro atoms. The third kappa shape index (κ3) is 3.30. The SMILES string of the molecule is O=S1(=O)CCCCN1c1ccc(C#CCCO)c(F)c1. The van der Waals surface area contributed by atoms with Crippen molar-refractivity contribution < 1.29 is 17.9 Å². The number of sulfonamides is 1. The molecule has 1 aliphatic rings. The Bertz CT molecular complexity index is 646. The quantitative estimate of drug-likeness (QED) is 0.841. The zero-order chi connectivity index (χ0) is 14.6. The number of halogens is 1. The Balaban J connectivity index is 2.27. The van der Waals surface area contributed by atoms with Crippen molar-refractivity contribution >= 4 is 15.7 Å². The van der Waals surface area contributed by atoms with E-state index in [9.17, 15) is 12.8 Å². The lowest BCUT2D eigenvalue weighted by Gasteiger charge is -2.28. The average Bonchev–Trinajstić information content (AvgIpc) is 2.40. The van der Waals surface area contributed by atoms with Crippen molar-refractivity contribution in [1.29, 1.82) is 0 Å². The van der Waals surface area contributed by atoms with Crippen molar-refractivity contribution in [1.82, 2.24) is 0 Å². The molecule has 20 heavy (non-hydrogen) atoms. The molecule has 0 saturated carbocycles. The van der Waals surface area contributed by atoms with Gasteiger partial charge in [0.05, 0.1) is 23.6 Å². The fraction of sp³-hybridized carbons (Fsp3) is 0.429. The molecule has 0 radical (unpaired) electrons. The van der Waals surface area contributed by atoms with Crippen LogP contribution in [0.1, 0.15) is 24.8 Å². The molecule has 1 saturated heterocycles. The summed E-state index contributed by atoms with van der Waals surface area (Å²) in [4.78, 5) is 0. The first-order valence-corrected chi connectivity index (χ1v) is 8.05. The Hall–Kier alpha value is -1.58. The van der Waals surface area contributed by atoms with Gasteiger partial charge in [-0.15, -0.1) is 0 Å². The van der Waals surface area contributed by atoms with Gasteiger partial charge in [-0.2, -0.15) is 0 Å². The smallest absolute Gasteiger partial charge is 0.235 e. The number of anilines is 1. The van der Waals surface area contributed by atoms with E-state index >= 15 is 0 Å². The summed E-state index contributed by atoms with van der Waals surface area (Å²) in [6.45, 7) is 0.316. The summed E-state index contributed by atoms with van der Waals surface area (Å²) in [5, 5.41) is 8.62. The first kappa shape index (κ1) is 14.8. The van der Waals surface area contributed by atoms with Crippen molar-refractivity contribution in [3.63, 3.8) is 0 Å². The molecule has 6 heteroatoms. The lowest BCUT2D eigenvalue weighted by atomic mass is 10.2. The van der Waals surface area contributed by atoms with Gasteiger partial charge in [-0.25, -0.2) is 12.8 Å². The summed E-state index contributed by atoms with van der Waals surface area (Å²) >= 11 is 0. The Morgan fingerprint density at radius 3 is 2.80 bits per heavy atom. The molecule has 0 atom stereocenters. The van der Waals surface area contributed by atoms with Crippen molar-refractivity contribution in [2.45, 2.75) is 19.3 Å². The van der Waals surface area contributed by atoms with Crippen LogP contribution < -0.4 is 4.31 Å². The second kappa shape index (κ2) is 6.25. The van der Waals surface area contributed by atoms with Crippen molar-refractivity contribution in [2.75, 3.05) is 23.2 Å². The summed E-state index contributed by atoms with van der Waals surface area (Å²) in [5.41, 5.74) is 0.548. The number of aliphatic hydroxyl groups excluding tert-OH is 1. The number of nitrogens with zero attached hydrogens (tertiary/aromatic N) is 1. The van der Waals surface area contributed by atoms with E-state index in [1.807, 2.05) is 0 Å². The summed E-state index contributed by atoms with van der Waals surface area (Å²) < 4.78 is 39.0. The van der Waals surface area contributed by atoms with E-state index in [0.717, 1.165) is 6.42 Å². The highest BCUT2D eigenvalue weighted by Crippen LogP contribution is 2.25. The Kier molecular flexibility index (Phi) is 4.63. The molecule has 1 aliphatic heterocycles. The topological polar surface area (TPSA) is 57.6 Å². The van der Waals surface area contributed by atoms with Crippen LogP contribution >= 0.6 is 0 Å². The first-order chi connectivity index (χ1) is 9.54. The molecular formula is C14H16FNO3S. The predicted molar refractivity (Wildman–Crippen MR) is 75.3 cm³/mol. The van der Waals surface area contributed by atoms with Gasteiger partial charge < -0.3 is 5.11 Å². The predicted octanol–water partition coefficient (Wildman–Crippen LogP) is 1.49. The van der Waals surface area contributed by atoms with Crippen LogP contribution in [0.25, 0.3) is 0 Å². The normalized spacial score (nSPS) is 17.4. The number of benzene rings is 1. The highest BCUT2D eigenvalue weighted by molar-refractivity contribution is 7.92. The van der Waals surface area contributed by atoms with Crippen LogP contribution in [0.3, 0.4) is 0 Å². The zero-order valence-electron chi connectivity index (χ0n) is 11.0. The second-order valence-corrected chi connectivity index (χ2v) is 6.55. The van der Waals surface area contributed by atoms with E-state index in [1.54, 1.807) is 6.07 Å². The van der Waals surface area contributed by atoms with Crippen molar-refractivity contribution in [3.8, 4) is 11.8 Å². The van der Waals surface area contributed by atoms with Crippen LogP contribution in [0, 0.1) is 17.7 Å². The third-order valence-corrected chi connectivity index (χ3v) is 4.92. The minimum Gasteiger partial charge on any atom is -0.395 e. The molecule has 1 aromatic carbocycles. The fourth-order valence-corrected chi connectivity index (χ4v) is 3.68.